The predicted octanol–water partition coefficient (Wildman–Crippen LogP) is 1.85. The predicted molar refractivity (Wildman–Crippen MR) is 114 cm³/mol. The van der Waals surface area contributed by atoms with Crippen LogP contribution in [-0.2, 0) is 14.3 Å². The number of Topliss-reactive ketones (excluding diaryl/α,β-unsaturated/α-hetero) is 1. The molecule has 0 radical (unpaired) electrons. The number of carbonyl (C=O) groups excluding carboxylic acids is 2. The van der Waals surface area contributed by atoms with Crippen LogP contribution < -0.4 is 0 Å². The number of benzene rings is 1. The number of aliphatic hydroxyl groups is 1. The first kappa shape index (κ1) is 21.1. The maximum absolute atomic E-state index is 13.1. The van der Waals surface area contributed by atoms with Crippen molar-refractivity contribution in [2.24, 2.45) is 0 Å². The number of ether oxygens (including phenoxy) is 1. The van der Waals surface area contributed by atoms with Gasteiger partial charge in [0, 0.05) is 32.4 Å². The molecular formula is C23H26N4O4. The zero-order valence-electron chi connectivity index (χ0n) is 17.7. The van der Waals surface area contributed by atoms with Crippen LogP contribution >= 0.6 is 0 Å². The monoisotopic (exact) mass is 422 g/mol. The minimum absolute atomic E-state index is 0.0775. The van der Waals surface area contributed by atoms with Crippen molar-refractivity contribution in [1.29, 1.82) is 0 Å². The summed E-state index contributed by atoms with van der Waals surface area (Å²) in [5.74, 6) is -0.958. The van der Waals surface area contributed by atoms with Gasteiger partial charge < -0.3 is 14.7 Å². The number of ketones is 1. The van der Waals surface area contributed by atoms with Crippen LogP contribution in [0.5, 0.6) is 0 Å². The summed E-state index contributed by atoms with van der Waals surface area (Å²) in [4.78, 5) is 38.3. The van der Waals surface area contributed by atoms with Crippen LogP contribution in [0.4, 0.5) is 0 Å². The Morgan fingerprint density at radius 3 is 2.52 bits per heavy atom. The summed E-state index contributed by atoms with van der Waals surface area (Å²) >= 11 is 0. The molecule has 2 aliphatic rings. The quantitative estimate of drug-likeness (QED) is 0.446. The van der Waals surface area contributed by atoms with Gasteiger partial charge in [0.05, 0.1) is 36.1 Å². The fraction of sp³-hybridized carbons (Fsp3) is 0.391. The number of nitrogens with zero attached hydrogens (tertiary/aromatic N) is 4. The summed E-state index contributed by atoms with van der Waals surface area (Å²) in [7, 11) is 0. The molecule has 8 heteroatoms. The van der Waals surface area contributed by atoms with Crippen LogP contribution in [0, 0.1) is 13.8 Å². The van der Waals surface area contributed by atoms with E-state index in [-0.39, 0.29) is 11.3 Å². The third-order valence-electron chi connectivity index (χ3n) is 5.77. The van der Waals surface area contributed by atoms with Crippen molar-refractivity contribution in [2.75, 3.05) is 39.4 Å². The van der Waals surface area contributed by atoms with Crippen LogP contribution in [0.1, 0.15) is 28.7 Å². The van der Waals surface area contributed by atoms with Crippen molar-refractivity contribution in [3.8, 4) is 0 Å². The van der Waals surface area contributed by atoms with Gasteiger partial charge in [-0.2, -0.15) is 0 Å². The second-order valence-corrected chi connectivity index (χ2v) is 7.77. The molecule has 3 heterocycles. The van der Waals surface area contributed by atoms with Gasteiger partial charge in [-0.3, -0.25) is 14.5 Å². The van der Waals surface area contributed by atoms with E-state index in [1.54, 1.807) is 18.7 Å². The minimum Gasteiger partial charge on any atom is -0.507 e. The van der Waals surface area contributed by atoms with Gasteiger partial charge in [-0.1, -0.05) is 30.3 Å². The largest absolute Gasteiger partial charge is 0.507 e. The highest BCUT2D eigenvalue weighted by molar-refractivity contribution is 6.46. The molecule has 4 rings (SSSR count). The van der Waals surface area contributed by atoms with Gasteiger partial charge in [0.25, 0.3) is 11.7 Å². The number of aromatic nitrogens is 2. The molecule has 0 bridgehead atoms. The average molecular weight is 422 g/mol. The lowest BCUT2D eigenvalue weighted by molar-refractivity contribution is -0.140. The molecule has 2 fully saturated rings. The van der Waals surface area contributed by atoms with Gasteiger partial charge in [0.15, 0.2) is 0 Å². The van der Waals surface area contributed by atoms with Crippen LogP contribution in [-0.4, -0.2) is 76.0 Å². The number of hydrogen-bond donors (Lipinski definition) is 1. The second kappa shape index (κ2) is 8.95. The van der Waals surface area contributed by atoms with E-state index in [9.17, 15) is 14.7 Å². The van der Waals surface area contributed by atoms with E-state index < -0.39 is 17.7 Å². The highest BCUT2D eigenvalue weighted by Crippen LogP contribution is 2.39. The molecule has 2 aliphatic heterocycles. The first-order chi connectivity index (χ1) is 15.0. The molecule has 1 aromatic carbocycles. The number of morpholine rings is 1. The summed E-state index contributed by atoms with van der Waals surface area (Å²) < 4.78 is 5.39. The number of amides is 1. The SMILES string of the molecule is Cc1ncc(/C(O)=C2\C(=O)C(=O)N(CCN3CCOCC3)C2c2ccccc2)c(C)n1. The maximum Gasteiger partial charge on any atom is 0.295 e. The minimum atomic E-state index is -0.687. The van der Waals surface area contributed by atoms with Crippen molar-refractivity contribution in [3.05, 3.63) is 64.7 Å². The maximum atomic E-state index is 13.1. The van der Waals surface area contributed by atoms with Crippen molar-refractivity contribution in [3.63, 3.8) is 0 Å². The van der Waals surface area contributed by atoms with Crippen molar-refractivity contribution in [2.45, 2.75) is 19.9 Å². The number of rotatable bonds is 5. The Balaban J connectivity index is 1.74. The molecule has 0 aliphatic carbocycles. The highest BCUT2D eigenvalue weighted by atomic mass is 16.5. The van der Waals surface area contributed by atoms with Crippen LogP contribution in [0.15, 0.2) is 42.1 Å². The highest BCUT2D eigenvalue weighted by Gasteiger charge is 2.46. The topological polar surface area (TPSA) is 95.9 Å². The van der Waals surface area contributed by atoms with E-state index in [0.717, 1.165) is 18.7 Å². The lowest BCUT2D eigenvalue weighted by Crippen LogP contribution is -2.42. The normalized spacial score (nSPS) is 21.6. The smallest absolute Gasteiger partial charge is 0.295 e. The first-order valence-corrected chi connectivity index (χ1v) is 10.4. The molecular weight excluding hydrogens is 396 g/mol. The molecule has 1 unspecified atom stereocenters. The molecule has 1 atom stereocenters. The lowest BCUT2D eigenvalue weighted by Gasteiger charge is -2.31. The second-order valence-electron chi connectivity index (χ2n) is 7.77. The molecule has 1 aromatic heterocycles. The van der Waals surface area contributed by atoms with Crippen molar-refractivity contribution >= 4 is 17.4 Å². The fourth-order valence-electron chi connectivity index (χ4n) is 4.13. The molecule has 8 nitrogen and oxygen atoms in total. The van der Waals surface area contributed by atoms with Gasteiger partial charge in [-0.25, -0.2) is 9.97 Å². The number of carbonyl (C=O) groups is 2. The number of likely N-dealkylation sites (tertiary alicyclic amines) is 1. The average Bonchev–Trinajstić information content (AvgIpc) is 3.03. The van der Waals surface area contributed by atoms with Crippen molar-refractivity contribution in [1.82, 2.24) is 19.8 Å². The Morgan fingerprint density at radius 2 is 1.84 bits per heavy atom. The summed E-state index contributed by atoms with van der Waals surface area (Å²) in [5.41, 5.74) is 1.76. The molecule has 1 N–H and O–H groups in total. The molecule has 0 saturated carbocycles. The Labute approximate surface area is 181 Å². The third-order valence-corrected chi connectivity index (χ3v) is 5.77. The van der Waals surface area contributed by atoms with Crippen molar-refractivity contribution < 1.29 is 19.4 Å². The summed E-state index contributed by atoms with van der Waals surface area (Å²) in [6, 6.07) is 8.66. The van der Waals surface area contributed by atoms with E-state index in [1.165, 1.54) is 6.20 Å². The summed E-state index contributed by atoms with van der Waals surface area (Å²) in [5, 5.41) is 11.1. The summed E-state index contributed by atoms with van der Waals surface area (Å²) in [6.45, 7) is 7.42. The summed E-state index contributed by atoms with van der Waals surface area (Å²) in [6.07, 6.45) is 1.50. The number of aliphatic hydroxyl groups excluding tert-OH is 1. The number of hydrogen-bond acceptors (Lipinski definition) is 7. The first-order valence-electron chi connectivity index (χ1n) is 10.4. The lowest BCUT2D eigenvalue weighted by atomic mass is 9.95. The van der Waals surface area contributed by atoms with E-state index in [4.69, 9.17) is 4.74 Å². The molecule has 162 valence electrons. The van der Waals surface area contributed by atoms with Gasteiger partial charge in [0.1, 0.15) is 11.6 Å². The Hall–Kier alpha value is -3.10. The zero-order chi connectivity index (χ0) is 22.0. The van der Waals surface area contributed by atoms with Gasteiger partial charge >= 0.3 is 0 Å². The Bertz CT molecular complexity index is 1020. The fourth-order valence-corrected chi connectivity index (χ4v) is 4.13. The third kappa shape index (κ3) is 4.22. The van der Waals surface area contributed by atoms with E-state index in [2.05, 4.69) is 14.9 Å². The van der Waals surface area contributed by atoms with Gasteiger partial charge in [-0.05, 0) is 19.4 Å². The van der Waals surface area contributed by atoms with Gasteiger partial charge in [-0.15, -0.1) is 0 Å². The van der Waals surface area contributed by atoms with E-state index in [1.807, 2.05) is 30.3 Å². The van der Waals surface area contributed by atoms with Crippen LogP contribution in [0.25, 0.3) is 5.76 Å². The van der Waals surface area contributed by atoms with Crippen LogP contribution in [0.3, 0.4) is 0 Å². The number of aryl methyl sites for hydroxylation is 2. The molecule has 0 spiro atoms. The zero-order valence-corrected chi connectivity index (χ0v) is 17.7. The van der Waals surface area contributed by atoms with E-state index >= 15 is 0 Å². The molecule has 2 aromatic rings. The molecule has 1 amide bonds. The molecule has 31 heavy (non-hydrogen) atoms. The Morgan fingerprint density at radius 1 is 1.13 bits per heavy atom. The van der Waals surface area contributed by atoms with Gasteiger partial charge in [0.2, 0.25) is 0 Å². The standard InChI is InChI=1S/C23H26N4O4/c1-15-18(14-24-16(2)25-15)21(28)19-20(17-6-4-3-5-7-17)27(23(30)22(19)29)9-8-26-10-12-31-13-11-26/h3-7,14,20,28H,8-13H2,1-2H3/b21-19+. The Kier molecular flexibility index (Phi) is 6.11. The van der Waals surface area contributed by atoms with Crippen LogP contribution in [0.2, 0.25) is 0 Å². The van der Waals surface area contributed by atoms with E-state index in [0.29, 0.717) is 43.4 Å². The molecule has 2 saturated heterocycles.